The molecule has 1 fully saturated rings. The van der Waals surface area contributed by atoms with Crippen LogP contribution in [0.2, 0.25) is 0 Å². The minimum absolute atomic E-state index is 0.0767. The van der Waals surface area contributed by atoms with Crippen LogP contribution in [0.25, 0.3) is 11.1 Å². The first-order valence-electron chi connectivity index (χ1n) is 11.0. The fourth-order valence-electron chi connectivity index (χ4n) is 3.66. The third-order valence-electron chi connectivity index (χ3n) is 6.67. The molecule has 0 amide bonds. The van der Waals surface area contributed by atoms with E-state index in [1.807, 2.05) is 52.0 Å². The number of benzene rings is 2. The molecular weight excluding hydrogens is 387 g/mol. The zero-order valence-electron chi connectivity index (χ0n) is 20.7. The maximum Gasteiger partial charge on any atom is 0.498 e. The van der Waals surface area contributed by atoms with Crippen LogP contribution < -0.4 is 5.46 Å². The summed E-state index contributed by atoms with van der Waals surface area (Å²) in [4.78, 5) is 0. The summed E-state index contributed by atoms with van der Waals surface area (Å²) in [6.45, 7) is 20.8. The van der Waals surface area contributed by atoms with Crippen LogP contribution in [0.15, 0.2) is 30.3 Å². The molecule has 168 valence electrons. The first kappa shape index (κ1) is 23.7. The predicted molar refractivity (Wildman–Crippen MR) is 128 cm³/mol. The molecule has 1 aliphatic heterocycles. The molecule has 0 radical (unpaired) electrons. The predicted octanol–water partition coefficient (Wildman–Crippen LogP) is 5.66. The van der Waals surface area contributed by atoms with Crippen LogP contribution in [0.4, 0.5) is 0 Å². The average molecular weight is 424 g/mol. The molecule has 0 bridgehead atoms. The van der Waals surface area contributed by atoms with Crippen molar-refractivity contribution in [2.45, 2.75) is 91.3 Å². The maximum absolute atomic E-state index is 11.4. The third-order valence-corrected chi connectivity index (χ3v) is 6.67. The molecule has 3 rings (SSSR count). The number of aromatic hydroxyl groups is 2. The quantitative estimate of drug-likeness (QED) is 0.611. The van der Waals surface area contributed by atoms with Crippen molar-refractivity contribution < 1.29 is 19.5 Å². The van der Waals surface area contributed by atoms with Crippen molar-refractivity contribution in [1.82, 2.24) is 0 Å². The van der Waals surface area contributed by atoms with Crippen molar-refractivity contribution in [3.8, 4) is 22.6 Å². The van der Waals surface area contributed by atoms with Crippen LogP contribution in [0.1, 0.15) is 80.4 Å². The first-order chi connectivity index (χ1) is 13.9. The Morgan fingerprint density at radius 1 is 0.710 bits per heavy atom. The van der Waals surface area contributed by atoms with Crippen LogP contribution in [0, 0.1) is 0 Å². The van der Waals surface area contributed by atoms with Gasteiger partial charge in [-0.1, -0.05) is 53.7 Å². The number of hydrogen-bond acceptors (Lipinski definition) is 4. The van der Waals surface area contributed by atoms with Gasteiger partial charge in [-0.05, 0) is 67.9 Å². The molecule has 2 aromatic carbocycles. The van der Waals surface area contributed by atoms with Gasteiger partial charge in [0, 0.05) is 16.6 Å². The van der Waals surface area contributed by atoms with Gasteiger partial charge in [0.05, 0.1) is 11.2 Å². The SMILES string of the molecule is CC(C)(C)c1ccc(O)c(-c2cc(C(C)(C)C)cc(B3OC(C)(C)C(C)(C)O3)c2O)c1. The molecule has 0 unspecified atom stereocenters. The highest BCUT2D eigenvalue weighted by molar-refractivity contribution is 6.63. The molecule has 0 saturated carbocycles. The Bertz CT molecular complexity index is 978. The lowest BCUT2D eigenvalue weighted by Gasteiger charge is -2.32. The zero-order chi connectivity index (χ0) is 23.6. The molecule has 2 aromatic rings. The summed E-state index contributed by atoms with van der Waals surface area (Å²) in [6, 6.07) is 9.52. The van der Waals surface area contributed by atoms with Crippen molar-refractivity contribution in [3.05, 3.63) is 41.5 Å². The summed E-state index contributed by atoms with van der Waals surface area (Å²) in [6.07, 6.45) is 0. The number of rotatable bonds is 2. The van der Waals surface area contributed by atoms with Gasteiger partial charge in [0.25, 0.3) is 0 Å². The van der Waals surface area contributed by atoms with E-state index in [0.717, 1.165) is 11.1 Å². The molecule has 1 heterocycles. The molecule has 0 aliphatic carbocycles. The van der Waals surface area contributed by atoms with Gasteiger partial charge in [-0.2, -0.15) is 0 Å². The summed E-state index contributed by atoms with van der Waals surface area (Å²) in [7, 11) is -0.695. The Morgan fingerprint density at radius 2 is 1.19 bits per heavy atom. The maximum atomic E-state index is 11.4. The van der Waals surface area contributed by atoms with Gasteiger partial charge in [0.1, 0.15) is 11.5 Å². The van der Waals surface area contributed by atoms with Gasteiger partial charge in [0.15, 0.2) is 0 Å². The van der Waals surface area contributed by atoms with Gasteiger partial charge in [0.2, 0.25) is 0 Å². The van der Waals surface area contributed by atoms with Crippen LogP contribution in [0.3, 0.4) is 0 Å². The second-order valence-corrected chi connectivity index (χ2v) is 11.8. The fraction of sp³-hybridized carbons (Fsp3) is 0.538. The van der Waals surface area contributed by atoms with E-state index in [-0.39, 0.29) is 22.3 Å². The minimum Gasteiger partial charge on any atom is -0.508 e. The van der Waals surface area contributed by atoms with Crippen molar-refractivity contribution in [3.63, 3.8) is 0 Å². The van der Waals surface area contributed by atoms with Crippen LogP contribution in [-0.4, -0.2) is 28.5 Å². The standard InChI is InChI=1S/C26H37BO4/c1-23(2,3)16-11-12-21(28)18(13-16)19-14-17(24(4,5)6)15-20(22(19)29)27-30-25(7,8)26(9,10)31-27/h11-15,28-29H,1-10H3. The van der Waals surface area contributed by atoms with Crippen molar-refractivity contribution in [2.24, 2.45) is 0 Å². The lowest BCUT2D eigenvalue weighted by molar-refractivity contribution is 0.00578. The monoisotopic (exact) mass is 424 g/mol. The molecule has 31 heavy (non-hydrogen) atoms. The summed E-state index contributed by atoms with van der Waals surface area (Å²) >= 11 is 0. The van der Waals surface area contributed by atoms with Crippen molar-refractivity contribution >= 4 is 12.6 Å². The largest absolute Gasteiger partial charge is 0.508 e. The van der Waals surface area contributed by atoms with Gasteiger partial charge < -0.3 is 19.5 Å². The summed E-state index contributed by atoms with van der Waals surface area (Å²) < 4.78 is 12.5. The Labute approximate surface area is 187 Å². The highest BCUT2D eigenvalue weighted by Gasteiger charge is 2.52. The molecule has 1 aliphatic rings. The second kappa shape index (κ2) is 7.28. The molecule has 0 spiro atoms. The van der Waals surface area contributed by atoms with Crippen LogP contribution in [0.5, 0.6) is 11.5 Å². The van der Waals surface area contributed by atoms with Gasteiger partial charge in [-0.3, -0.25) is 0 Å². The highest BCUT2D eigenvalue weighted by atomic mass is 16.7. The summed E-state index contributed by atoms with van der Waals surface area (Å²) in [5.41, 5.74) is 2.60. The Kier molecular flexibility index (Phi) is 5.56. The lowest BCUT2D eigenvalue weighted by Crippen LogP contribution is -2.41. The third kappa shape index (κ3) is 4.35. The van der Waals surface area contributed by atoms with Crippen molar-refractivity contribution in [1.29, 1.82) is 0 Å². The molecule has 0 aromatic heterocycles. The summed E-state index contributed by atoms with van der Waals surface area (Å²) in [5.74, 6) is 0.210. The molecule has 5 heteroatoms. The van der Waals surface area contributed by atoms with E-state index >= 15 is 0 Å². The van der Waals surface area contributed by atoms with Gasteiger partial charge >= 0.3 is 7.12 Å². The van der Waals surface area contributed by atoms with E-state index in [2.05, 4.69) is 41.5 Å². The van der Waals surface area contributed by atoms with Gasteiger partial charge in [-0.15, -0.1) is 0 Å². The Hall–Kier alpha value is -1.98. The molecule has 0 atom stereocenters. The smallest absolute Gasteiger partial charge is 0.498 e. The zero-order valence-corrected chi connectivity index (χ0v) is 20.7. The second-order valence-electron chi connectivity index (χ2n) is 11.8. The number of hydrogen-bond donors (Lipinski definition) is 2. The highest BCUT2D eigenvalue weighted by Crippen LogP contribution is 2.42. The first-order valence-corrected chi connectivity index (χ1v) is 11.0. The van der Waals surface area contributed by atoms with Crippen molar-refractivity contribution in [2.75, 3.05) is 0 Å². The minimum atomic E-state index is -0.695. The van der Waals surface area contributed by atoms with E-state index in [0.29, 0.717) is 16.6 Å². The lowest BCUT2D eigenvalue weighted by atomic mass is 9.72. The molecule has 1 saturated heterocycles. The van der Waals surface area contributed by atoms with E-state index < -0.39 is 18.3 Å². The Morgan fingerprint density at radius 3 is 1.68 bits per heavy atom. The van der Waals surface area contributed by atoms with E-state index in [1.165, 1.54) is 0 Å². The van der Waals surface area contributed by atoms with E-state index in [4.69, 9.17) is 9.31 Å². The average Bonchev–Trinajstić information content (AvgIpc) is 2.81. The molecule has 4 nitrogen and oxygen atoms in total. The normalized spacial score (nSPS) is 18.5. The van der Waals surface area contributed by atoms with Gasteiger partial charge in [-0.25, -0.2) is 0 Å². The molecular formula is C26H37BO4. The molecule has 2 N–H and O–H groups in total. The number of phenols is 2. The van der Waals surface area contributed by atoms with E-state index in [9.17, 15) is 10.2 Å². The number of phenolic OH excluding ortho intramolecular Hbond substituents is 2. The van der Waals surface area contributed by atoms with Crippen LogP contribution >= 0.6 is 0 Å². The van der Waals surface area contributed by atoms with Crippen LogP contribution in [-0.2, 0) is 20.1 Å². The summed E-state index contributed by atoms with van der Waals surface area (Å²) in [5, 5.41) is 22.1. The Balaban J connectivity index is 2.25. The fourth-order valence-corrected chi connectivity index (χ4v) is 3.66. The topological polar surface area (TPSA) is 58.9 Å². The van der Waals surface area contributed by atoms with E-state index in [1.54, 1.807) is 6.07 Å².